The summed E-state index contributed by atoms with van der Waals surface area (Å²) in [5.74, 6) is 0. The van der Waals surface area contributed by atoms with Crippen LogP contribution in [0.3, 0.4) is 0 Å². The summed E-state index contributed by atoms with van der Waals surface area (Å²) < 4.78 is 1.94. The molecule has 0 radical (unpaired) electrons. The Labute approximate surface area is 129 Å². The van der Waals surface area contributed by atoms with Gasteiger partial charge in [-0.25, -0.2) is 4.98 Å². The fourth-order valence-electron chi connectivity index (χ4n) is 3.30. The molecule has 0 N–H and O–H groups in total. The Morgan fingerprint density at radius 2 is 1.91 bits per heavy atom. The largest absolute Gasteiger partial charge is 0.306 e. The van der Waals surface area contributed by atoms with Crippen molar-refractivity contribution in [3.63, 3.8) is 0 Å². The topological polar surface area (TPSA) is 34.4 Å². The minimum atomic E-state index is 0.710. The summed E-state index contributed by atoms with van der Waals surface area (Å²) in [6.45, 7) is 1.94. The van der Waals surface area contributed by atoms with Crippen LogP contribution in [-0.4, -0.2) is 15.7 Å². The Bertz CT molecular complexity index is 877. The zero-order chi connectivity index (χ0) is 15.1. The second kappa shape index (κ2) is 5.09. The predicted molar refractivity (Wildman–Crippen MR) is 87.4 cm³/mol. The van der Waals surface area contributed by atoms with Gasteiger partial charge in [0.25, 0.3) is 0 Å². The number of fused-ring (bicyclic) bond motifs is 2. The van der Waals surface area contributed by atoms with Gasteiger partial charge in [0.05, 0.1) is 5.69 Å². The van der Waals surface area contributed by atoms with Crippen LogP contribution < -0.4 is 0 Å². The number of aryl methyl sites for hydroxylation is 3. The van der Waals surface area contributed by atoms with E-state index in [-0.39, 0.29) is 0 Å². The lowest BCUT2D eigenvalue weighted by atomic mass is 9.90. The molecule has 3 aromatic rings. The summed E-state index contributed by atoms with van der Waals surface area (Å²) in [7, 11) is 0. The smallest absolute Gasteiger partial charge is 0.151 e. The molecule has 3 nitrogen and oxygen atoms in total. The number of nitrogens with zero attached hydrogens (tertiary/aromatic N) is 2. The van der Waals surface area contributed by atoms with Gasteiger partial charge in [0.15, 0.2) is 6.29 Å². The fraction of sp³-hybridized carbons (Fsp3) is 0.263. The third-order valence-corrected chi connectivity index (χ3v) is 4.61. The molecule has 0 unspecified atom stereocenters. The summed E-state index contributed by atoms with van der Waals surface area (Å²) in [5.41, 5.74) is 7.64. The van der Waals surface area contributed by atoms with Crippen LogP contribution >= 0.6 is 0 Å². The standard InChI is InChI=1S/C19H18N2O/c1-13-8-19-20-18(11-21(19)10-17(13)12-22)16-7-6-14-4-2-3-5-15(14)9-16/h6-12H,2-5H2,1H3. The number of hydrogen-bond donors (Lipinski definition) is 0. The van der Waals surface area contributed by atoms with Crippen molar-refractivity contribution < 1.29 is 4.79 Å². The molecule has 4 rings (SSSR count). The summed E-state index contributed by atoms with van der Waals surface area (Å²) in [6, 6.07) is 8.66. The van der Waals surface area contributed by atoms with Gasteiger partial charge in [0.2, 0.25) is 0 Å². The zero-order valence-electron chi connectivity index (χ0n) is 12.7. The molecule has 1 aliphatic rings. The number of imidazole rings is 1. The van der Waals surface area contributed by atoms with Crippen LogP contribution in [0.5, 0.6) is 0 Å². The van der Waals surface area contributed by atoms with E-state index in [4.69, 9.17) is 4.98 Å². The first kappa shape index (κ1) is 13.3. The number of benzene rings is 1. The molecule has 2 heterocycles. The van der Waals surface area contributed by atoms with Crippen molar-refractivity contribution in [3.05, 3.63) is 58.9 Å². The summed E-state index contributed by atoms with van der Waals surface area (Å²) in [5, 5.41) is 0. The third-order valence-electron chi connectivity index (χ3n) is 4.61. The first-order chi connectivity index (χ1) is 10.7. The van der Waals surface area contributed by atoms with E-state index >= 15 is 0 Å². The second-order valence-electron chi connectivity index (χ2n) is 6.11. The second-order valence-corrected chi connectivity index (χ2v) is 6.11. The van der Waals surface area contributed by atoms with E-state index in [0.717, 1.165) is 28.8 Å². The van der Waals surface area contributed by atoms with Crippen LogP contribution in [-0.2, 0) is 12.8 Å². The fourth-order valence-corrected chi connectivity index (χ4v) is 3.30. The molecule has 0 aliphatic heterocycles. The van der Waals surface area contributed by atoms with Gasteiger partial charge in [-0.05, 0) is 61.4 Å². The third kappa shape index (κ3) is 2.13. The average Bonchev–Trinajstić information content (AvgIpc) is 2.96. The first-order valence-electron chi connectivity index (χ1n) is 7.81. The molecule has 22 heavy (non-hydrogen) atoms. The number of carbonyl (C=O) groups is 1. The quantitative estimate of drug-likeness (QED) is 0.668. The molecule has 2 aromatic heterocycles. The van der Waals surface area contributed by atoms with Crippen LogP contribution in [0.1, 0.15) is 39.9 Å². The molecule has 0 saturated heterocycles. The number of hydrogen-bond acceptors (Lipinski definition) is 2. The molecule has 1 aromatic carbocycles. The van der Waals surface area contributed by atoms with Gasteiger partial charge in [-0.3, -0.25) is 4.79 Å². The molecule has 0 spiro atoms. The highest BCUT2D eigenvalue weighted by atomic mass is 16.1. The van der Waals surface area contributed by atoms with Crippen LogP contribution in [0.15, 0.2) is 36.7 Å². The van der Waals surface area contributed by atoms with Crippen molar-refractivity contribution in [3.8, 4) is 11.3 Å². The molecule has 0 saturated carbocycles. The maximum absolute atomic E-state index is 11.1. The summed E-state index contributed by atoms with van der Waals surface area (Å²) in [6.07, 6.45) is 9.71. The highest BCUT2D eigenvalue weighted by Gasteiger charge is 2.12. The lowest BCUT2D eigenvalue weighted by Gasteiger charge is -2.15. The SMILES string of the molecule is Cc1cc2nc(-c3ccc4c(c3)CCCC4)cn2cc1C=O. The van der Waals surface area contributed by atoms with E-state index in [0.29, 0.717) is 5.56 Å². The number of aromatic nitrogens is 2. The van der Waals surface area contributed by atoms with Gasteiger partial charge >= 0.3 is 0 Å². The van der Waals surface area contributed by atoms with E-state index in [1.54, 1.807) is 0 Å². The van der Waals surface area contributed by atoms with Crippen molar-refractivity contribution in [2.45, 2.75) is 32.6 Å². The van der Waals surface area contributed by atoms with Crippen LogP contribution in [0.4, 0.5) is 0 Å². The summed E-state index contributed by atoms with van der Waals surface area (Å²) >= 11 is 0. The van der Waals surface area contributed by atoms with Gasteiger partial charge in [0, 0.05) is 23.5 Å². The lowest BCUT2D eigenvalue weighted by Crippen LogP contribution is -2.02. The Hall–Kier alpha value is -2.42. The molecule has 0 amide bonds. The number of pyridine rings is 1. The Kier molecular flexibility index (Phi) is 3.07. The molecule has 0 fully saturated rings. The van der Waals surface area contributed by atoms with Crippen molar-refractivity contribution >= 4 is 11.9 Å². The Morgan fingerprint density at radius 1 is 1.09 bits per heavy atom. The molecular formula is C19H18N2O. The normalized spacial score (nSPS) is 14.0. The van der Waals surface area contributed by atoms with Crippen molar-refractivity contribution in [2.75, 3.05) is 0 Å². The molecule has 0 atom stereocenters. The lowest BCUT2D eigenvalue weighted by molar-refractivity contribution is 0.112. The molecule has 110 valence electrons. The van der Waals surface area contributed by atoms with Crippen molar-refractivity contribution in [1.29, 1.82) is 0 Å². The number of rotatable bonds is 2. The van der Waals surface area contributed by atoms with E-state index < -0.39 is 0 Å². The zero-order valence-corrected chi connectivity index (χ0v) is 12.7. The van der Waals surface area contributed by atoms with E-state index in [1.165, 1.54) is 36.8 Å². The van der Waals surface area contributed by atoms with E-state index in [1.807, 2.05) is 29.8 Å². The Morgan fingerprint density at radius 3 is 2.73 bits per heavy atom. The van der Waals surface area contributed by atoms with E-state index in [9.17, 15) is 4.79 Å². The monoisotopic (exact) mass is 290 g/mol. The summed E-state index contributed by atoms with van der Waals surface area (Å²) in [4.78, 5) is 15.8. The van der Waals surface area contributed by atoms with Gasteiger partial charge in [-0.1, -0.05) is 12.1 Å². The van der Waals surface area contributed by atoms with Gasteiger partial charge in [-0.2, -0.15) is 0 Å². The minimum Gasteiger partial charge on any atom is -0.306 e. The highest BCUT2D eigenvalue weighted by Crippen LogP contribution is 2.27. The molecule has 3 heteroatoms. The minimum absolute atomic E-state index is 0.710. The van der Waals surface area contributed by atoms with Crippen molar-refractivity contribution in [1.82, 2.24) is 9.38 Å². The van der Waals surface area contributed by atoms with Gasteiger partial charge < -0.3 is 4.40 Å². The Balaban J connectivity index is 1.82. The predicted octanol–water partition coefficient (Wildman–Crippen LogP) is 4.00. The van der Waals surface area contributed by atoms with Gasteiger partial charge in [0.1, 0.15) is 5.65 Å². The van der Waals surface area contributed by atoms with Crippen LogP contribution in [0.2, 0.25) is 0 Å². The average molecular weight is 290 g/mol. The number of aldehydes is 1. The maximum atomic E-state index is 11.1. The van der Waals surface area contributed by atoms with Gasteiger partial charge in [-0.15, -0.1) is 0 Å². The van der Waals surface area contributed by atoms with Crippen LogP contribution in [0, 0.1) is 6.92 Å². The molecule has 0 bridgehead atoms. The number of carbonyl (C=O) groups excluding carboxylic acids is 1. The van der Waals surface area contributed by atoms with E-state index in [2.05, 4.69) is 18.2 Å². The van der Waals surface area contributed by atoms with Crippen molar-refractivity contribution in [2.24, 2.45) is 0 Å². The van der Waals surface area contributed by atoms with Crippen LogP contribution in [0.25, 0.3) is 16.9 Å². The molecule has 1 aliphatic carbocycles. The maximum Gasteiger partial charge on any atom is 0.151 e. The highest BCUT2D eigenvalue weighted by molar-refractivity contribution is 5.78. The molecular weight excluding hydrogens is 272 g/mol. The first-order valence-corrected chi connectivity index (χ1v) is 7.81.